The normalized spacial score (nSPS) is 17.2. The number of sulfonamides is 1. The third-order valence-electron chi connectivity index (χ3n) is 5.54. The minimum atomic E-state index is -3.61. The van der Waals surface area contributed by atoms with E-state index in [9.17, 15) is 13.2 Å². The molecule has 0 unspecified atom stereocenters. The van der Waals surface area contributed by atoms with Crippen LogP contribution < -0.4 is 10.0 Å². The molecule has 1 aliphatic carbocycles. The summed E-state index contributed by atoms with van der Waals surface area (Å²) in [7, 11) is -3.61. The Morgan fingerprint density at radius 3 is 2.47 bits per heavy atom. The van der Waals surface area contributed by atoms with E-state index in [4.69, 9.17) is 0 Å². The van der Waals surface area contributed by atoms with E-state index in [1.807, 2.05) is 18.2 Å². The first-order valence-electron chi connectivity index (χ1n) is 10.3. The molecule has 0 spiro atoms. The molecule has 2 fully saturated rings. The van der Waals surface area contributed by atoms with E-state index in [0.29, 0.717) is 16.6 Å². The quantitative estimate of drug-likeness (QED) is 0.592. The molecule has 0 radical (unpaired) electrons. The second-order valence-corrected chi connectivity index (χ2v) is 10.5. The number of nitrogens with one attached hydrogen (secondary N) is 2. The molecule has 1 heterocycles. The van der Waals surface area contributed by atoms with Crippen molar-refractivity contribution in [3.05, 3.63) is 63.6 Å². The molecule has 30 heavy (non-hydrogen) atoms. The number of hydrogen-bond acceptors (Lipinski definition) is 4. The second kappa shape index (κ2) is 9.18. The van der Waals surface area contributed by atoms with Crippen LogP contribution in [0.5, 0.6) is 0 Å². The average molecular weight is 492 g/mol. The number of carbonyl (C=O) groups excluding carboxylic acids is 1. The molecule has 1 amide bonds. The van der Waals surface area contributed by atoms with Crippen LogP contribution in [0.1, 0.15) is 47.2 Å². The predicted molar refractivity (Wildman–Crippen MR) is 120 cm³/mol. The highest BCUT2D eigenvalue weighted by Gasteiger charge is 2.28. The Morgan fingerprint density at radius 1 is 1.07 bits per heavy atom. The van der Waals surface area contributed by atoms with E-state index in [2.05, 4.69) is 36.9 Å². The Morgan fingerprint density at radius 2 is 1.77 bits per heavy atom. The maximum Gasteiger partial charge on any atom is 0.252 e. The number of rotatable bonds is 8. The smallest absolute Gasteiger partial charge is 0.252 e. The Bertz CT molecular complexity index is 1030. The highest BCUT2D eigenvalue weighted by atomic mass is 79.9. The van der Waals surface area contributed by atoms with Gasteiger partial charge in [0, 0.05) is 23.6 Å². The van der Waals surface area contributed by atoms with Crippen LogP contribution in [0.3, 0.4) is 0 Å². The highest BCUT2D eigenvalue weighted by Crippen LogP contribution is 2.25. The fraction of sp³-hybridized carbons (Fsp3) is 0.409. The maximum absolute atomic E-state index is 12.8. The van der Waals surface area contributed by atoms with E-state index in [-0.39, 0.29) is 16.8 Å². The molecule has 1 saturated carbocycles. The monoisotopic (exact) mass is 491 g/mol. The van der Waals surface area contributed by atoms with Crippen molar-refractivity contribution >= 4 is 31.9 Å². The summed E-state index contributed by atoms with van der Waals surface area (Å²) in [5.74, 6) is -0.304. The minimum Gasteiger partial charge on any atom is -0.348 e. The molecule has 1 aliphatic heterocycles. The van der Waals surface area contributed by atoms with Gasteiger partial charge in [-0.15, -0.1) is 0 Å². The van der Waals surface area contributed by atoms with Crippen LogP contribution in [0.2, 0.25) is 0 Å². The van der Waals surface area contributed by atoms with E-state index >= 15 is 0 Å². The standard InChI is InChI=1S/C22H26BrN3O3S/c23-21-10-9-19(30(28,29)25-18-7-8-18)13-20(21)22(27)24-14-16-5-1-2-6-17(16)15-26-11-3-4-12-26/h1-2,5-6,9-10,13,18,25H,3-4,7-8,11-12,14-15H2,(H,24,27). The average Bonchev–Trinajstić information content (AvgIpc) is 3.37. The summed E-state index contributed by atoms with van der Waals surface area (Å²) in [6.07, 6.45) is 4.20. The lowest BCUT2D eigenvalue weighted by Gasteiger charge is -2.18. The predicted octanol–water partition coefficient (Wildman–Crippen LogP) is 3.42. The Labute approximate surface area is 186 Å². The van der Waals surface area contributed by atoms with Gasteiger partial charge in [0.25, 0.3) is 5.91 Å². The van der Waals surface area contributed by atoms with Crippen LogP contribution in [-0.2, 0) is 23.1 Å². The van der Waals surface area contributed by atoms with E-state index in [1.165, 1.54) is 30.5 Å². The molecule has 0 aromatic heterocycles. The van der Waals surface area contributed by atoms with Crippen molar-refractivity contribution < 1.29 is 13.2 Å². The number of likely N-dealkylation sites (tertiary alicyclic amines) is 1. The molecule has 6 nitrogen and oxygen atoms in total. The SMILES string of the molecule is O=C(NCc1ccccc1CN1CCCC1)c1cc(S(=O)(=O)NC2CC2)ccc1Br. The van der Waals surface area contributed by atoms with Gasteiger partial charge in [-0.3, -0.25) is 9.69 Å². The van der Waals surface area contributed by atoms with Gasteiger partial charge in [0.05, 0.1) is 10.5 Å². The summed E-state index contributed by atoms with van der Waals surface area (Å²) < 4.78 is 28.2. The zero-order valence-electron chi connectivity index (χ0n) is 16.7. The fourth-order valence-electron chi connectivity index (χ4n) is 3.67. The third kappa shape index (κ3) is 5.29. The molecule has 2 N–H and O–H groups in total. The van der Waals surface area contributed by atoms with Gasteiger partial charge in [-0.25, -0.2) is 13.1 Å². The van der Waals surface area contributed by atoms with Crippen LogP contribution in [0, 0.1) is 0 Å². The Hall–Kier alpha value is -1.74. The van der Waals surface area contributed by atoms with Gasteiger partial charge in [-0.1, -0.05) is 24.3 Å². The van der Waals surface area contributed by atoms with Crippen molar-refractivity contribution in [1.82, 2.24) is 14.9 Å². The number of nitrogens with zero attached hydrogens (tertiary/aromatic N) is 1. The number of carbonyl (C=O) groups is 1. The van der Waals surface area contributed by atoms with Crippen LogP contribution in [-0.4, -0.2) is 38.4 Å². The molecule has 160 valence electrons. The van der Waals surface area contributed by atoms with E-state index in [0.717, 1.165) is 38.0 Å². The molecular formula is C22H26BrN3O3S. The van der Waals surface area contributed by atoms with Crippen molar-refractivity contribution in [2.75, 3.05) is 13.1 Å². The third-order valence-corrected chi connectivity index (χ3v) is 7.75. The summed E-state index contributed by atoms with van der Waals surface area (Å²) in [4.78, 5) is 15.4. The lowest BCUT2D eigenvalue weighted by atomic mass is 10.1. The van der Waals surface area contributed by atoms with Gasteiger partial charge in [-0.2, -0.15) is 0 Å². The van der Waals surface area contributed by atoms with E-state index < -0.39 is 10.0 Å². The molecule has 0 bridgehead atoms. The van der Waals surface area contributed by atoms with Crippen molar-refractivity contribution in [2.45, 2.75) is 49.7 Å². The first kappa shape index (κ1) is 21.5. The van der Waals surface area contributed by atoms with Crippen LogP contribution in [0.15, 0.2) is 51.8 Å². The topological polar surface area (TPSA) is 78.5 Å². The second-order valence-electron chi connectivity index (χ2n) is 7.97. The number of amides is 1. The lowest BCUT2D eigenvalue weighted by Crippen LogP contribution is -2.27. The summed E-state index contributed by atoms with van der Waals surface area (Å²) in [6, 6.07) is 12.7. The van der Waals surface area contributed by atoms with Crippen molar-refractivity contribution in [1.29, 1.82) is 0 Å². The van der Waals surface area contributed by atoms with Crippen molar-refractivity contribution in [3.8, 4) is 0 Å². The number of hydrogen-bond donors (Lipinski definition) is 2. The first-order valence-corrected chi connectivity index (χ1v) is 12.6. The highest BCUT2D eigenvalue weighted by molar-refractivity contribution is 9.10. The van der Waals surface area contributed by atoms with Crippen molar-refractivity contribution in [2.24, 2.45) is 0 Å². The lowest BCUT2D eigenvalue weighted by molar-refractivity contribution is 0.0949. The zero-order chi connectivity index (χ0) is 21.1. The molecule has 0 atom stereocenters. The molecular weight excluding hydrogens is 466 g/mol. The summed E-state index contributed by atoms with van der Waals surface area (Å²) in [5.41, 5.74) is 2.60. The van der Waals surface area contributed by atoms with Gasteiger partial charge in [0.15, 0.2) is 0 Å². The van der Waals surface area contributed by atoms with Gasteiger partial charge >= 0.3 is 0 Å². The zero-order valence-corrected chi connectivity index (χ0v) is 19.1. The molecule has 2 aromatic rings. The summed E-state index contributed by atoms with van der Waals surface area (Å²) in [6.45, 7) is 3.51. The van der Waals surface area contributed by atoms with Gasteiger partial charge < -0.3 is 5.32 Å². The van der Waals surface area contributed by atoms with Crippen LogP contribution in [0.25, 0.3) is 0 Å². The Kier molecular flexibility index (Phi) is 6.57. The first-order chi connectivity index (χ1) is 14.4. The van der Waals surface area contributed by atoms with Gasteiger partial charge in [0.1, 0.15) is 0 Å². The summed E-state index contributed by atoms with van der Waals surface area (Å²) in [5, 5.41) is 2.95. The molecule has 2 aromatic carbocycles. The van der Waals surface area contributed by atoms with Crippen LogP contribution in [0.4, 0.5) is 0 Å². The fourth-order valence-corrected chi connectivity index (χ4v) is 5.43. The Balaban J connectivity index is 1.46. The largest absolute Gasteiger partial charge is 0.348 e. The maximum atomic E-state index is 12.8. The molecule has 1 saturated heterocycles. The van der Waals surface area contributed by atoms with Gasteiger partial charge in [0.2, 0.25) is 10.0 Å². The molecule has 4 rings (SSSR count). The minimum absolute atomic E-state index is 0.0167. The molecule has 8 heteroatoms. The summed E-state index contributed by atoms with van der Waals surface area (Å²) >= 11 is 3.38. The molecule has 2 aliphatic rings. The van der Waals surface area contributed by atoms with E-state index in [1.54, 1.807) is 6.07 Å². The van der Waals surface area contributed by atoms with Gasteiger partial charge in [-0.05, 0) is 84.0 Å². The number of halogens is 1. The number of benzene rings is 2. The van der Waals surface area contributed by atoms with Crippen LogP contribution >= 0.6 is 15.9 Å². The van der Waals surface area contributed by atoms with Crippen molar-refractivity contribution in [3.63, 3.8) is 0 Å².